The van der Waals surface area contributed by atoms with E-state index < -0.39 is 5.97 Å². The van der Waals surface area contributed by atoms with Gasteiger partial charge in [-0.1, -0.05) is 30.3 Å². The lowest BCUT2D eigenvalue weighted by Crippen LogP contribution is -2.12. The molecule has 0 amide bonds. The Hall–Kier alpha value is -4.16. The lowest BCUT2D eigenvalue weighted by atomic mass is 10.0. The largest absolute Gasteiger partial charge is 0.493 e. The third-order valence-corrected chi connectivity index (χ3v) is 5.11. The fraction of sp³-hybridized carbons (Fsp3) is 0.241. The first-order valence-electron chi connectivity index (χ1n) is 11.7. The van der Waals surface area contributed by atoms with Crippen LogP contribution in [0.25, 0.3) is 17.2 Å². The highest BCUT2D eigenvalue weighted by molar-refractivity contribution is 5.89. The van der Waals surface area contributed by atoms with Gasteiger partial charge < -0.3 is 28.8 Å². The molecule has 0 heterocycles. The highest BCUT2D eigenvalue weighted by Gasteiger charge is 2.07. The molecule has 3 rings (SSSR count). The molecule has 0 saturated heterocycles. The summed E-state index contributed by atoms with van der Waals surface area (Å²) in [5, 5.41) is 17.6. The molecule has 0 aliphatic heterocycles. The summed E-state index contributed by atoms with van der Waals surface area (Å²) >= 11 is 0. The number of carbonyl (C=O) groups excluding carboxylic acids is 1. The van der Waals surface area contributed by atoms with Gasteiger partial charge in [0.25, 0.3) is 0 Å². The molecule has 192 valence electrons. The summed E-state index contributed by atoms with van der Waals surface area (Å²) in [5.74, 6) is 1.01. The molecule has 0 fully saturated rings. The first-order chi connectivity index (χ1) is 18.1. The van der Waals surface area contributed by atoms with Gasteiger partial charge >= 0.3 is 5.97 Å². The van der Waals surface area contributed by atoms with Gasteiger partial charge in [0.05, 0.1) is 51.8 Å². The van der Waals surface area contributed by atoms with Crippen molar-refractivity contribution in [1.82, 2.24) is 0 Å². The molecule has 0 aliphatic carbocycles. The third-order valence-electron chi connectivity index (χ3n) is 5.11. The second kappa shape index (κ2) is 15.1. The standard InChI is InChI=1S/C29H29NO7/c1-33-28-20-22(4-12-27(28)36-19-18-35-17-16-34-15-14-31)5-13-29(32)37-26-10-8-25(9-11-26)24-6-2-23(21-30)3-7-24/h2-13,20,31H,14-19H2,1H3. The number of aliphatic hydroxyl groups excluding tert-OH is 1. The monoisotopic (exact) mass is 503 g/mol. The van der Waals surface area contributed by atoms with Crippen molar-refractivity contribution < 1.29 is 33.6 Å². The molecule has 1 N–H and O–H groups in total. The molecule has 3 aromatic rings. The van der Waals surface area contributed by atoms with E-state index in [1.165, 1.54) is 6.08 Å². The summed E-state index contributed by atoms with van der Waals surface area (Å²) in [6, 6.07) is 21.8. The molecule has 8 nitrogen and oxygen atoms in total. The van der Waals surface area contributed by atoms with Crippen LogP contribution in [0.3, 0.4) is 0 Å². The second-order valence-electron chi connectivity index (χ2n) is 7.68. The highest BCUT2D eigenvalue weighted by atomic mass is 16.6. The molecule has 3 aromatic carbocycles. The van der Waals surface area contributed by atoms with Crippen LogP contribution < -0.4 is 14.2 Å². The number of rotatable bonds is 14. The van der Waals surface area contributed by atoms with E-state index in [9.17, 15) is 4.79 Å². The summed E-state index contributed by atoms with van der Waals surface area (Å²) in [4.78, 5) is 12.3. The van der Waals surface area contributed by atoms with Crippen LogP contribution >= 0.6 is 0 Å². The predicted octanol–water partition coefficient (Wildman–Crippen LogP) is 4.26. The maximum absolute atomic E-state index is 12.3. The average molecular weight is 504 g/mol. The maximum atomic E-state index is 12.3. The summed E-state index contributed by atoms with van der Waals surface area (Å²) in [5.41, 5.74) is 3.26. The van der Waals surface area contributed by atoms with Gasteiger partial charge in [0.15, 0.2) is 11.5 Å². The molecule has 0 atom stereocenters. The smallest absolute Gasteiger partial charge is 0.336 e. The normalized spacial score (nSPS) is 10.7. The van der Waals surface area contributed by atoms with Gasteiger partial charge in [-0.15, -0.1) is 0 Å². The van der Waals surface area contributed by atoms with Crippen molar-refractivity contribution in [3.05, 3.63) is 83.9 Å². The van der Waals surface area contributed by atoms with Crippen LogP contribution in [0.15, 0.2) is 72.8 Å². The van der Waals surface area contributed by atoms with Gasteiger partial charge in [0.1, 0.15) is 12.4 Å². The Bertz CT molecular complexity index is 1200. The van der Waals surface area contributed by atoms with Gasteiger partial charge in [0.2, 0.25) is 0 Å². The van der Waals surface area contributed by atoms with Crippen molar-refractivity contribution in [2.45, 2.75) is 0 Å². The minimum atomic E-state index is -0.509. The van der Waals surface area contributed by atoms with Crippen LogP contribution in [0.5, 0.6) is 17.2 Å². The quantitative estimate of drug-likeness (QED) is 0.151. The molecule has 0 unspecified atom stereocenters. The molecule has 0 radical (unpaired) electrons. The van der Waals surface area contributed by atoms with E-state index in [1.807, 2.05) is 24.3 Å². The van der Waals surface area contributed by atoms with Crippen LogP contribution in [0, 0.1) is 11.3 Å². The Balaban J connectivity index is 1.48. The predicted molar refractivity (Wildman–Crippen MR) is 138 cm³/mol. The zero-order valence-electron chi connectivity index (χ0n) is 20.6. The molecule has 37 heavy (non-hydrogen) atoms. The molecule has 0 bridgehead atoms. The lowest BCUT2D eigenvalue weighted by molar-refractivity contribution is -0.128. The van der Waals surface area contributed by atoms with E-state index in [0.717, 1.165) is 16.7 Å². The Morgan fingerprint density at radius 2 is 1.51 bits per heavy atom. The van der Waals surface area contributed by atoms with E-state index in [1.54, 1.807) is 55.7 Å². The zero-order valence-corrected chi connectivity index (χ0v) is 20.6. The first-order valence-corrected chi connectivity index (χ1v) is 11.7. The van der Waals surface area contributed by atoms with E-state index in [0.29, 0.717) is 55.8 Å². The van der Waals surface area contributed by atoms with Crippen molar-refractivity contribution in [1.29, 1.82) is 5.26 Å². The van der Waals surface area contributed by atoms with Crippen molar-refractivity contribution in [3.63, 3.8) is 0 Å². The number of benzene rings is 3. The highest BCUT2D eigenvalue weighted by Crippen LogP contribution is 2.28. The van der Waals surface area contributed by atoms with E-state index in [4.69, 9.17) is 34.1 Å². The van der Waals surface area contributed by atoms with Gasteiger partial charge in [-0.2, -0.15) is 5.26 Å². The number of nitriles is 1. The maximum Gasteiger partial charge on any atom is 0.336 e. The number of ether oxygens (including phenoxy) is 5. The Morgan fingerprint density at radius 1 is 0.865 bits per heavy atom. The van der Waals surface area contributed by atoms with Gasteiger partial charge in [-0.25, -0.2) is 4.79 Å². The fourth-order valence-electron chi connectivity index (χ4n) is 3.27. The van der Waals surface area contributed by atoms with Crippen LogP contribution in [0.2, 0.25) is 0 Å². The summed E-state index contributed by atoms with van der Waals surface area (Å²) < 4.78 is 27.0. The van der Waals surface area contributed by atoms with E-state index in [-0.39, 0.29) is 6.61 Å². The topological polar surface area (TPSA) is 107 Å². The average Bonchev–Trinajstić information content (AvgIpc) is 2.94. The number of methoxy groups -OCH3 is 1. The molecular formula is C29H29NO7. The van der Waals surface area contributed by atoms with Crippen LogP contribution in [-0.4, -0.2) is 57.8 Å². The number of aliphatic hydroxyl groups is 1. The molecule has 8 heteroatoms. The summed E-state index contributed by atoms with van der Waals surface area (Å²) in [7, 11) is 1.54. The lowest BCUT2D eigenvalue weighted by Gasteiger charge is -2.11. The van der Waals surface area contributed by atoms with Crippen molar-refractivity contribution in [2.75, 3.05) is 46.8 Å². The number of nitrogens with zero attached hydrogens (tertiary/aromatic N) is 1. The Morgan fingerprint density at radius 3 is 2.16 bits per heavy atom. The van der Waals surface area contributed by atoms with E-state index in [2.05, 4.69) is 6.07 Å². The second-order valence-corrected chi connectivity index (χ2v) is 7.68. The third kappa shape index (κ3) is 9.09. The van der Waals surface area contributed by atoms with Gasteiger partial charge in [0, 0.05) is 6.08 Å². The first kappa shape index (κ1) is 27.4. The van der Waals surface area contributed by atoms with Gasteiger partial charge in [-0.3, -0.25) is 0 Å². The Labute approximate surface area is 216 Å². The van der Waals surface area contributed by atoms with Crippen LogP contribution in [0.1, 0.15) is 11.1 Å². The number of carbonyl (C=O) groups is 1. The van der Waals surface area contributed by atoms with Crippen LogP contribution in [-0.2, 0) is 14.3 Å². The fourth-order valence-corrected chi connectivity index (χ4v) is 3.27. The summed E-state index contributed by atoms with van der Waals surface area (Å²) in [6.07, 6.45) is 2.98. The van der Waals surface area contributed by atoms with Crippen LogP contribution in [0.4, 0.5) is 0 Å². The molecule has 0 aliphatic rings. The number of hydrogen-bond donors (Lipinski definition) is 1. The van der Waals surface area contributed by atoms with Gasteiger partial charge in [-0.05, 0) is 59.2 Å². The molecule has 0 spiro atoms. The SMILES string of the molecule is COc1cc(C=CC(=O)Oc2ccc(-c3ccc(C#N)cc3)cc2)ccc1OCCOCCOCCO. The molecular weight excluding hydrogens is 474 g/mol. The Kier molecular flexibility index (Phi) is 11.2. The number of esters is 1. The minimum Gasteiger partial charge on any atom is -0.493 e. The number of hydrogen-bond acceptors (Lipinski definition) is 8. The van der Waals surface area contributed by atoms with Crippen molar-refractivity contribution in [2.24, 2.45) is 0 Å². The van der Waals surface area contributed by atoms with E-state index >= 15 is 0 Å². The summed E-state index contributed by atoms with van der Waals surface area (Å²) in [6.45, 7) is 1.84. The van der Waals surface area contributed by atoms with Crippen molar-refractivity contribution in [3.8, 4) is 34.4 Å². The zero-order chi connectivity index (χ0) is 26.3. The minimum absolute atomic E-state index is 0.00885. The van der Waals surface area contributed by atoms with Crippen molar-refractivity contribution >= 4 is 12.0 Å². The molecule has 0 saturated carbocycles. The molecule has 0 aromatic heterocycles.